The lowest BCUT2D eigenvalue weighted by Gasteiger charge is -2.28. The van der Waals surface area contributed by atoms with Crippen molar-refractivity contribution in [2.24, 2.45) is 0 Å². The number of carboxylic acid groups (broad SMARTS) is 1. The van der Waals surface area contributed by atoms with Crippen molar-refractivity contribution in [1.29, 1.82) is 0 Å². The van der Waals surface area contributed by atoms with E-state index in [2.05, 4.69) is 0 Å². The quantitative estimate of drug-likeness (QED) is 0.892. The summed E-state index contributed by atoms with van der Waals surface area (Å²) < 4.78 is 14.1. The van der Waals surface area contributed by atoms with Crippen LogP contribution in [0, 0.1) is 6.92 Å². The van der Waals surface area contributed by atoms with Gasteiger partial charge in [0.15, 0.2) is 0 Å². The fraction of sp³-hybridized carbons (Fsp3) is 0.562. The standard InChI is InChI=1S/C16H21FO2/c1-11-6-7-12(15(2,3)17)10-13(11)16(14(18)19)8-4-5-9-16/h6-7,10H,4-5,8-9H2,1-3H3,(H,18,19). The lowest BCUT2D eigenvalue weighted by molar-refractivity contribution is -0.143. The molecule has 1 aromatic carbocycles. The molecule has 1 aliphatic rings. The Morgan fingerprint density at radius 1 is 1.32 bits per heavy atom. The normalized spacial score (nSPS) is 18.5. The van der Waals surface area contributed by atoms with E-state index in [9.17, 15) is 14.3 Å². The fourth-order valence-electron chi connectivity index (χ4n) is 3.08. The Kier molecular flexibility index (Phi) is 3.41. The highest BCUT2D eigenvalue weighted by Crippen LogP contribution is 2.43. The van der Waals surface area contributed by atoms with Crippen LogP contribution in [-0.4, -0.2) is 11.1 Å². The van der Waals surface area contributed by atoms with Gasteiger partial charge in [-0.05, 0) is 50.3 Å². The summed E-state index contributed by atoms with van der Waals surface area (Å²) in [5.74, 6) is -0.776. The maximum atomic E-state index is 14.1. The molecule has 2 nitrogen and oxygen atoms in total. The van der Waals surface area contributed by atoms with E-state index in [4.69, 9.17) is 0 Å². The Morgan fingerprint density at radius 2 is 1.89 bits per heavy atom. The number of hydrogen-bond acceptors (Lipinski definition) is 1. The van der Waals surface area contributed by atoms with Gasteiger partial charge in [-0.15, -0.1) is 0 Å². The van der Waals surface area contributed by atoms with Gasteiger partial charge in [-0.1, -0.05) is 31.0 Å². The third-order valence-corrected chi connectivity index (χ3v) is 4.31. The van der Waals surface area contributed by atoms with E-state index in [1.807, 2.05) is 13.0 Å². The number of benzene rings is 1. The van der Waals surface area contributed by atoms with Crippen molar-refractivity contribution < 1.29 is 14.3 Å². The number of carboxylic acids is 1. The number of alkyl halides is 1. The van der Waals surface area contributed by atoms with E-state index in [0.29, 0.717) is 18.4 Å². The van der Waals surface area contributed by atoms with Crippen LogP contribution in [0.15, 0.2) is 18.2 Å². The number of rotatable bonds is 3. The van der Waals surface area contributed by atoms with Crippen LogP contribution in [0.5, 0.6) is 0 Å². The third kappa shape index (κ3) is 2.38. The fourth-order valence-corrected chi connectivity index (χ4v) is 3.08. The van der Waals surface area contributed by atoms with Crippen LogP contribution in [-0.2, 0) is 15.9 Å². The molecule has 1 aromatic rings. The molecular formula is C16H21FO2. The molecule has 104 valence electrons. The maximum Gasteiger partial charge on any atom is 0.314 e. The van der Waals surface area contributed by atoms with Crippen molar-refractivity contribution in [3.63, 3.8) is 0 Å². The SMILES string of the molecule is Cc1ccc(C(C)(C)F)cc1C1(C(=O)O)CCCC1. The van der Waals surface area contributed by atoms with E-state index in [0.717, 1.165) is 24.0 Å². The van der Waals surface area contributed by atoms with Crippen molar-refractivity contribution >= 4 is 5.97 Å². The van der Waals surface area contributed by atoms with Gasteiger partial charge in [0, 0.05) is 0 Å². The van der Waals surface area contributed by atoms with Crippen molar-refractivity contribution in [3.8, 4) is 0 Å². The lowest BCUT2D eigenvalue weighted by Crippen LogP contribution is -2.33. The topological polar surface area (TPSA) is 37.3 Å². The minimum Gasteiger partial charge on any atom is -0.481 e. The van der Waals surface area contributed by atoms with Gasteiger partial charge in [0.25, 0.3) is 0 Å². The molecular weight excluding hydrogens is 243 g/mol. The first kappa shape index (κ1) is 14.0. The summed E-state index contributed by atoms with van der Waals surface area (Å²) in [6.07, 6.45) is 3.16. The molecule has 0 atom stereocenters. The summed E-state index contributed by atoms with van der Waals surface area (Å²) in [6.45, 7) is 4.92. The molecule has 2 rings (SSSR count). The van der Waals surface area contributed by atoms with Crippen LogP contribution in [0.25, 0.3) is 0 Å². The third-order valence-electron chi connectivity index (χ3n) is 4.31. The number of hydrogen-bond donors (Lipinski definition) is 1. The Bertz CT molecular complexity index is 494. The second kappa shape index (κ2) is 4.62. The highest BCUT2D eigenvalue weighted by molar-refractivity contribution is 5.82. The first-order chi connectivity index (χ1) is 8.77. The average Bonchev–Trinajstić information content (AvgIpc) is 2.78. The molecule has 0 aliphatic heterocycles. The van der Waals surface area contributed by atoms with Crippen LogP contribution >= 0.6 is 0 Å². The van der Waals surface area contributed by atoms with E-state index >= 15 is 0 Å². The van der Waals surface area contributed by atoms with Crippen LogP contribution in [0.3, 0.4) is 0 Å². The van der Waals surface area contributed by atoms with Crippen LogP contribution in [0.2, 0.25) is 0 Å². The minimum atomic E-state index is -1.44. The van der Waals surface area contributed by atoms with Gasteiger partial charge < -0.3 is 5.11 Å². The van der Waals surface area contributed by atoms with E-state index in [-0.39, 0.29) is 0 Å². The molecule has 0 saturated heterocycles. The van der Waals surface area contributed by atoms with Crippen molar-refractivity contribution in [2.45, 2.75) is 57.5 Å². The molecule has 0 bridgehead atoms. The van der Waals surface area contributed by atoms with Gasteiger partial charge in [0.1, 0.15) is 5.67 Å². The molecule has 1 saturated carbocycles. The Labute approximate surface area is 113 Å². The van der Waals surface area contributed by atoms with Crippen molar-refractivity contribution in [1.82, 2.24) is 0 Å². The van der Waals surface area contributed by atoms with E-state index in [1.54, 1.807) is 12.1 Å². The molecule has 0 amide bonds. The predicted octanol–water partition coefficient (Wildman–Crippen LogP) is 4.10. The largest absolute Gasteiger partial charge is 0.481 e. The summed E-state index contributed by atoms with van der Waals surface area (Å²) in [5, 5.41) is 9.64. The average molecular weight is 264 g/mol. The van der Waals surface area contributed by atoms with Crippen LogP contribution in [0.1, 0.15) is 56.2 Å². The number of halogens is 1. The van der Waals surface area contributed by atoms with Crippen molar-refractivity contribution in [3.05, 3.63) is 34.9 Å². The van der Waals surface area contributed by atoms with E-state index < -0.39 is 17.1 Å². The summed E-state index contributed by atoms with van der Waals surface area (Å²) in [5.41, 5.74) is 0.0326. The summed E-state index contributed by atoms with van der Waals surface area (Å²) in [6, 6.07) is 5.35. The number of aryl methyl sites for hydroxylation is 1. The van der Waals surface area contributed by atoms with Gasteiger partial charge in [0.2, 0.25) is 0 Å². The second-order valence-electron chi connectivity index (χ2n) is 6.10. The first-order valence-electron chi connectivity index (χ1n) is 6.81. The number of aliphatic carboxylic acids is 1. The summed E-state index contributed by atoms with van der Waals surface area (Å²) in [7, 11) is 0. The highest BCUT2D eigenvalue weighted by Gasteiger charge is 2.44. The molecule has 0 radical (unpaired) electrons. The zero-order valence-electron chi connectivity index (χ0n) is 11.8. The van der Waals surface area contributed by atoms with Gasteiger partial charge in [0.05, 0.1) is 5.41 Å². The predicted molar refractivity (Wildman–Crippen MR) is 73.1 cm³/mol. The molecule has 0 spiro atoms. The lowest BCUT2D eigenvalue weighted by atomic mass is 9.75. The minimum absolute atomic E-state index is 0.556. The summed E-state index contributed by atoms with van der Waals surface area (Å²) in [4.78, 5) is 11.7. The van der Waals surface area contributed by atoms with Gasteiger partial charge in [-0.2, -0.15) is 0 Å². The zero-order valence-corrected chi connectivity index (χ0v) is 11.8. The van der Waals surface area contributed by atoms with Gasteiger partial charge >= 0.3 is 5.97 Å². The Hall–Kier alpha value is -1.38. The molecule has 0 aromatic heterocycles. The van der Waals surface area contributed by atoms with Gasteiger partial charge in [-0.25, -0.2) is 4.39 Å². The zero-order chi connectivity index (χ0) is 14.3. The molecule has 3 heteroatoms. The molecule has 1 fully saturated rings. The first-order valence-corrected chi connectivity index (χ1v) is 6.81. The maximum absolute atomic E-state index is 14.1. The van der Waals surface area contributed by atoms with E-state index in [1.165, 1.54) is 13.8 Å². The van der Waals surface area contributed by atoms with Crippen LogP contribution in [0.4, 0.5) is 4.39 Å². The Morgan fingerprint density at radius 3 is 2.37 bits per heavy atom. The molecule has 19 heavy (non-hydrogen) atoms. The molecule has 1 aliphatic carbocycles. The molecule has 1 N–H and O–H groups in total. The summed E-state index contributed by atoms with van der Waals surface area (Å²) >= 11 is 0. The smallest absolute Gasteiger partial charge is 0.314 e. The number of carbonyl (C=O) groups is 1. The van der Waals surface area contributed by atoms with Crippen molar-refractivity contribution in [2.75, 3.05) is 0 Å². The molecule has 0 heterocycles. The Balaban J connectivity index is 2.57. The highest BCUT2D eigenvalue weighted by atomic mass is 19.1. The van der Waals surface area contributed by atoms with Gasteiger partial charge in [-0.3, -0.25) is 4.79 Å². The van der Waals surface area contributed by atoms with Crippen LogP contribution < -0.4 is 0 Å². The monoisotopic (exact) mass is 264 g/mol. The molecule has 0 unspecified atom stereocenters. The second-order valence-corrected chi connectivity index (χ2v) is 6.10.